The van der Waals surface area contributed by atoms with E-state index in [0.717, 1.165) is 35.5 Å². The minimum absolute atomic E-state index is 0.0189. The largest absolute Gasteiger partial charge is 0.479 e. The van der Waals surface area contributed by atoms with Gasteiger partial charge < -0.3 is 20.4 Å². The number of carboxylic acids is 1. The molecule has 196 valence electrons. The summed E-state index contributed by atoms with van der Waals surface area (Å²) in [4.78, 5) is 32.0. The number of rotatable bonds is 7. The molecule has 0 radical (unpaired) electrons. The topological polar surface area (TPSA) is 103 Å². The predicted molar refractivity (Wildman–Crippen MR) is 139 cm³/mol. The van der Waals surface area contributed by atoms with Gasteiger partial charge >= 0.3 is 5.97 Å². The van der Waals surface area contributed by atoms with Crippen LogP contribution in [-0.4, -0.2) is 57.6 Å². The lowest BCUT2D eigenvalue weighted by atomic mass is 9.54. The van der Waals surface area contributed by atoms with Gasteiger partial charge in [0.15, 0.2) is 6.10 Å². The number of carbonyl (C=O) groups excluding carboxylic acids is 1. The molecule has 7 rings (SSSR count). The number of anilines is 1. The average molecular weight is 514 g/mol. The molecule has 1 aromatic heterocycles. The fraction of sp³-hybridized carbons (Fsp3) is 0.750. The van der Waals surface area contributed by atoms with Gasteiger partial charge in [-0.05, 0) is 87.2 Å². The van der Waals surface area contributed by atoms with Gasteiger partial charge in [-0.1, -0.05) is 19.3 Å². The molecule has 6 fully saturated rings. The van der Waals surface area contributed by atoms with Crippen LogP contribution >= 0.6 is 11.8 Å². The number of hydrogen-bond donors (Lipinski definition) is 3. The van der Waals surface area contributed by atoms with Crippen molar-refractivity contribution in [1.29, 1.82) is 0 Å². The number of aliphatic hydroxyl groups is 1. The SMILES string of the molecule is O=C(NC1C2CC3CC(C2)CC1C3)c1ccc(N2CC[C@@H](C(O)C(=O)O)C2)nc1SC1CCCCC1. The van der Waals surface area contributed by atoms with Crippen LogP contribution in [0.15, 0.2) is 17.2 Å². The lowest BCUT2D eigenvalue weighted by Gasteiger charge is -2.54. The molecule has 1 aliphatic heterocycles. The predicted octanol–water partition coefficient (Wildman–Crippen LogP) is 4.33. The van der Waals surface area contributed by atoms with Crippen LogP contribution in [0.4, 0.5) is 5.82 Å². The summed E-state index contributed by atoms with van der Waals surface area (Å²) in [7, 11) is 0. The molecule has 1 amide bonds. The van der Waals surface area contributed by atoms with E-state index < -0.39 is 12.1 Å². The van der Waals surface area contributed by atoms with Gasteiger partial charge in [0.2, 0.25) is 0 Å². The summed E-state index contributed by atoms with van der Waals surface area (Å²) < 4.78 is 0. The summed E-state index contributed by atoms with van der Waals surface area (Å²) in [6, 6.07) is 4.14. The zero-order valence-electron chi connectivity index (χ0n) is 21.0. The van der Waals surface area contributed by atoms with Crippen molar-refractivity contribution >= 4 is 29.5 Å². The first-order valence-corrected chi connectivity index (χ1v) is 15.0. The number of aromatic nitrogens is 1. The van der Waals surface area contributed by atoms with Crippen LogP contribution in [0.5, 0.6) is 0 Å². The van der Waals surface area contributed by atoms with Gasteiger partial charge in [0.05, 0.1) is 5.56 Å². The van der Waals surface area contributed by atoms with Gasteiger partial charge in [-0.25, -0.2) is 9.78 Å². The number of aliphatic hydroxyl groups excluding tert-OH is 1. The molecule has 3 N–H and O–H groups in total. The van der Waals surface area contributed by atoms with Crippen molar-refractivity contribution in [3.8, 4) is 0 Å². The normalized spacial score (nSPS) is 34.6. The Labute approximate surface area is 217 Å². The molecule has 1 saturated heterocycles. The number of carboxylic acid groups (broad SMARTS) is 1. The molecule has 5 saturated carbocycles. The lowest BCUT2D eigenvalue weighted by Crippen LogP contribution is -2.55. The first kappa shape index (κ1) is 24.5. The monoisotopic (exact) mass is 513 g/mol. The third-order valence-corrected chi connectivity index (χ3v) is 11.0. The van der Waals surface area contributed by atoms with Crippen molar-refractivity contribution in [2.45, 2.75) is 93.1 Å². The van der Waals surface area contributed by atoms with Gasteiger partial charge in [0.1, 0.15) is 10.8 Å². The second-order valence-electron chi connectivity index (χ2n) is 12.1. The fourth-order valence-corrected chi connectivity index (χ4v) is 9.37. The highest BCUT2D eigenvalue weighted by Crippen LogP contribution is 2.53. The molecule has 7 nitrogen and oxygen atoms in total. The van der Waals surface area contributed by atoms with Crippen molar-refractivity contribution in [3.63, 3.8) is 0 Å². The molecule has 6 aliphatic rings. The highest BCUT2D eigenvalue weighted by Gasteiger charge is 2.48. The van der Waals surface area contributed by atoms with E-state index in [4.69, 9.17) is 4.98 Å². The average Bonchev–Trinajstić information content (AvgIpc) is 3.36. The Morgan fingerprint density at radius 2 is 1.69 bits per heavy atom. The number of thioether (sulfide) groups is 1. The number of nitrogens with one attached hydrogen (secondary N) is 1. The number of nitrogens with zero attached hydrogens (tertiary/aromatic N) is 2. The van der Waals surface area contributed by atoms with Crippen LogP contribution in [0.2, 0.25) is 0 Å². The van der Waals surface area contributed by atoms with Crippen LogP contribution < -0.4 is 10.2 Å². The highest BCUT2D eigenvalue weighted by atomic mass is 32.2. The van der Waals surface area contributed by atoms with Gasteiger partial charge in [-0.3, -0.25) is 4.79 Å². The number of carbonyl (C=O) groups is 2. The lowest BCUT2D eigenvalue weighted by molar-refractivity contribution is -0.149. The Morgan fingerprint density at radius 3 is 2.36 bits per heavy atom. The van der Waals surface area contributed by atoms with Crippen molar-refractivity contribution in [1.82, 2.24) is 10.3 Å². The van der Waals surface area contributed by atoms with Gasteiger partial charge in [0, 0.05) is 30.3 Å². The van der Waals surface area contributed by atoms with Crippen molar-refractivity contribution in [2.24, 2.45) is 29.6 Å². The molecule has 0 aromatic carbocycles. The molecule has 0 spiro atoms. The van der Waals surface area contributed by atoms with E-state index in [1.165, 1.54) is 51.4 Å². The zero-order valence-corrected chi connectivity index (χ0v) is 21.8. The fourth-order valence-electron chi connectivity index (χ4n) is 8.06. The summed E-state index contributed by atoms with van der Waals surface area (Å²) in [5.41, 5.74) is 0.685. The number of aliphatic carboxylic acids is 1. The summed E-state index contributed by atoms with van der Waals surface area (Å²) in [5, 5.41) is 24.0. The van der Waals surface area contributed by atoms with Crippen molar-refractivity contribution < 1.29 is 19.8 Å². The van der Waals surface area contributed by atoms with Gasteiger partial charge in [-0.2, -0.15) is 0 Å². The standard InChI is InChI=1S/C28H39N3O4S/c32-25(28(34)35)18-8-9-31(15-18)23-7-6-22(27(29-23)36-21-4-2-1-3-5-21)26(33)30-24-19-11-16-10-17(13-19)14-20(24)12-16/h6-7,16-21,24-25,32H,1-5,8-15H2,(H,30,33)(H,34,35)/t16?,17?,18-,19?,20?,24?,25?/m1/s1. The molecular weight excluding hydrogens is 474 g/mol. The van der Waals surface area contributed by atoms with E-state index in [1.54, 1.807) is 11.8 Å². The molecule has 2 atom stereocenters. The third-order valence-electron chi connectivity index (χ3n) is 9.69. The Morgan fingerprint density at radius 1 is 1.00 bits per heavy atom. The number of pyridine rings is 1. The van der Waals surface area contributed by atoms with Crippen LogP contribution in [-0.2, 0) is 4.79 Å². The van der Waals surface area contributed by atoms with Gasteiger partial charge in [0.25, 0.3) is 5.91 Å². The van der Waals surface area contributed by atoms with Crippen molar-refractivity contribution in [2.75, 3.05) is 18.0 Å². The van der Waals surface area contributed by atoms with Gasteiger partial charge in [-0.15, -0.1) is 11.8 Å². The second kappa shape index (κ2) is 10.2. The summed E-state index contributed by atoms with van der Waals surface area (Å²) in [6.45, 7) is 1.13. The first-order valence-electron chi connectivity index (χ1n) is 14.1. The summed E-state index contributed by atoms with van der Waals surface area (Å²) in [6.07, 6.45) is 11.8. The molecule has 1 aromatic rings. The number of amides is 1. The van der Waals surface area contributed by atoms with Crippen molar-refractivity contribution in [3.05, 3.63) is 17.7 Å². The van der Waals surface area contributed by atoms with E-state index in [-0.39, 0.29) is 11.8 Å². The van der Waals surface area contributed by atoms with Crippen LogP contribution in [0.1, 0.15) is 81.0 Å². The first-order chi connectivity index (χ1) is 17.4. The van der Waals surface area contributed by atoms with Crippen LogP contribution in [0.25, 0.3) is 0 Å². The zero-order chi connectivity index (χ0) is 24.8. The maximum atomic E-state index is 13.7. The van der Waals surface area contributed by atoms with E-state index >= 15 is 0 Å². The molecule has 36 heavy (non-hydrogen) atoms. The maximum Gasteiger partial charge on any atom is 0.332 e. The molecule has 1 unspecified atom stereocenters. The Bertz CT molecular complexity index is 969. The summed E-state index contributed by atoms with van der Waals surface area (Å²) in [5.74, 6) is 2.35. The Balaban J connectivity index is 1.21. The third kappa shape index (κ3) is 4.87. The molecule has 2 heterocycles. The second-order valence-corrected chi connectivity index (χ2v) is 13.4. The highest BCUT2D eigenvalue weighted by molar-refractivity contribution is 7.99. The number of hydrogen-bond acceptors (Lipinski definition) is 6. The quantitative estimate of drug-likeness (QED) is 0.499. The van der Waals surface area contributed by atoms with Crippen LogP contribution in [0, 0.1) is 29.6 Å². The Hall–Kier alpha value is -1.80. The molecule has 8 heteroatoms. The van der Waals surface area contributed by atoms with E-state index in [0.29, 0.717) is 48.2 Å². The molecule has 5 aliphatic carbocycles. The van der Waals surface area contributed by atoms with E-state index in [9.17, 15) is 19.8 Å². The van der Waals surface area contributed by atoms with E-state index in [1.807, 2.05) is 12.1 Å². The minimum Gasteiger partial charge on any atom is -0.479 e. The smallest absolute Gasteiger partial charge is 0.332 e. The summed E-state index contributed by atoms with van der Waals surface area (Å²) >= 11 is 1.75. The molecule has 4 bridgehead atoms. The van der Waals surface area contributed by atoms with Crippen LogP contribution in [0.3, 0.4) is 0 Å². The molecular formula is C28H39N3O4S. The maximum absolute atomic E-state index is 13.7. The minimum atomic E-state index is -1.35. The van der Waals surface area contributed by atoms with E-state index in [2.05, 4.69) is 10.2 Å². The Kier molecular flexibility index (Phi) is 6.93.